The Hall–Kier alpha value is -0.160. The summed E-state index contributed by atoms with van der Waals surface area (Å²) in [6, 6.07) is 1.05. The molecule has 158 valence electrons. The van der Waals surface area contributed by atoms with Crippen LogP contribution in [0, 0.1) is 0 Å². The highest BCUT2D eigenvalue weighted by Crippen LogP contribution is 2.13. The minimum atomic E-state index is 0.228. The first-order valence-corrected chi connectivity index (χ1v) is 11.3. The highest BCUT2D eigenvalue weighted by molar-refractivity contribution is 4.73. The summed E-state index contributed by atoms with van der Waals surface area (Å²) in [5.74, 6) is 0. The summed E-state index contributed by atoms with van der Waals surface area (Å²) in [5.41, 5.74) is 0. The molecule has 0 saturated heterocycles. The fourth-order valence-electron chi connectivity index (χ4n) is 3.72. The van der Waals surface area contributed by atoms with Gasteiger partial charge in [0.1, 0.15) is 0 Å². The Kier molecular flexibility index (Phi) is 18.1. The molecule has 0 fully saturated rings. The maximum Gasteiger partial charge on any atom is 0.0558 e. The molecule has 2 unspecified atom stereocenters. The van der Waals surface area contributed by atoms with E-state index in [1.165, 1.54) is 64.2 Å². The Morgan fingerprint density at radius 3 is 1.27 bits per heavy atom. The SMILES string of the molecule is CCCCCCC(C)N(CCO)CCN(CCO)C(C)CCCCCC. The molecular weight excluding hydrogens is 324 g/mol. The molecule has 0 saturated carbocycles. The molecule has 2 atom stereocenters. The minimum Gasteiger partial charge on any atom is -0.395 e. The van der Waals surface area contributed by atoms with Gasteiger partial charge < -0.3 is 10.2 Å². The van der Waals surface area contributed by atoms with E-state index in [-0.39, 0.29) is 13.2 Å². The summed E-state index contributed by atoms with van der Waals surface area (Å²) < 4.78 is 0. The lowest BCUT2D eigenvalue weighted by Gasteiger charge is -2.34. The lowest BCUT2D eigenvalue weighted by Crippen LogP contribution is -2.44. The van der Waals surface area contributed by atoms with Crippen molar-refractivity contribution in [3.8, 4) is 0 Å². The van der Waals surface area contributed by atoms with E-state index in [9.17, 15) is 10.2 Å². The lowest BCUT2D eigenvalue weighted by atomic mass is 10.1. The normalized spacial score (nSPS) is 14.3. The third kappa shape index (κ3) is 13.1. The van der Waals surface area contributed by atoms with E-state index >= 15 is 0 Å². The Morgan fingerprint density at radius 2 is 0.962 bits per heavy atom. The fraction of sp³-hybridized carbons (Fsp3) is 1.00. The molecule has 0 bridgehead atoms. The van der Waals surface area contributed by atoms with Gasteiger partial charge in [-0.25, -0.2) is 0 Å². The summed E-state index contributed by atoms with van der Waals surface area (Å²) in [7, 11) is 0. The van der Waals surface area contributed by atoms with Gasteiger partial charge in [0, 0.05) is 38.3 Å². The van der Waals surface area contributed by atoms with Crippen LogP contribution in [-0.2, 0) is 0 Å². The quantitative estimate of drug-likeness (QED) is 0.332. The predicted molar refractivity (Wildman–Crippen MR) is 114 cm³/mol. The maximum atomic E-state index is 9.44. The van der Waals surface area contributed by atoms with Gasteiger partial charge >= 0.3 is 0 Å². The lowest BCUT2D eigenvalue weighted by molar-refractivity contribution is 0.102. The molecule has 0 aliphatic heterocycles. The molecule has 0 aromatic carbocycles. The average Bonchev–Trinajstić information content (AvgIpc) is 2.64. The van der Waals surface area contributed by atoms with E-state index in [0.29, 0.717) is 12.1 Å². The van der Waals surface area contributed by atoms with E-state index in [2.05, 4.69) is 37.5 Å². The Morgan fingerprint density at radius 1 is 0.577 bits per heavy atom. The zero-order chi connectivity index (χ0) is 19.6. The zero-order valence-electron chi connectivity index (χ0n) is 18.3. The largest absolute Gasteiger partial charge is 0.395 e. The Balaban J connectivity index is 4.37. The molecule has 0 aliphatic carbocycles. The summed E-state index contributed by atoms with van der Waals surface area (Å²) >= 11 is 0. The van der Waals surface area contributed by atoms with Crippen LogP contribution in [0.4, 0.5) is 0 Å². The summed E-state index contributed by atoms with van der Waals surface area (Å²) in [6.45, 7) is 13.0. The van der Waals surface area contributed by atoms with Crippen molar-refractivity contribution in [2.75, 3.05) is 39.4 Å². The van der Waals surface area contributed by atoms with Gasteiger partial charge in [0.15, 0.2) is 0 Å². The molecule has 0 aromatic heterocycles. The van der Waals surface area contributed by atoms with E-state index in [1.54, 1.807) is 0 Å². The van der Waals surface area contributed by atoms with Crippen LogP contribution in [-0.4, -0.2) is 71.5 Å². The molecule has 0 aromatic rings. The number of aliphatic hydroxyl groups is 2. The standard InChI is InChI=1S/C22H48N2O2/c1-5-7-9-11-13-21(3)23(17-19-25)15-16-24(18-20-26)22(4)14-12-10-8-6-2/h21-22,25-26H,5-20H2,1-4H3. The van der Waals surface area contributed by atoms with Crippen LogP contribution in [0.5, 0.6) is 0 Å². The third-order valence-electron chi connectivity index (χ3n) is 5.65. The number of nitrogens with zero attached hydrogens (tertiary/aromatic N) is 2. The smallest absolute Gasteiger partial charge is 0.0558 e. The molecule has 0 amide bonds. The van der Waals surface area contributed by atoms with Gasteiger partial charge in [-0.1, -0.05) is 65.2 Å². The molecule has 0 heterocycles. The number of aliphatic hydroxyl groups excluding tert-OH is 2. The van der Waals surface area contributed by atoms with Gasteiger partial charge in [-0.3, -0.25) is 9.80 Å². The second kappa shape index (κ2) is 18.2. The number of hydrogen-bond acceptors (Lipinski definition) is 4. The Bertz CT molecular complexity index is 261. The van der Waals surface area contributed by atoms with Crippen molar-refractivity contribution >= 4 is 0 Å². The van der Waals surface area contributed by atoms with Gasteiger partial charge in [-0.2, -0.15) is 0 Å². The monoisotopic (exact) mass is 372 g/mol. The van der Waals surface area contributed by atoms with Gasteiger partial charge in [0.25, 0.3) is 0 Å². The van der Waals surface area contributed by atoms with Crippen LogP contribution in [0.15, 0.2) is 0 Å². The molecule has 0 aliphatic rings. The molecule has 0 radical (unpaired) electrons. The number of hydrogen-bond donors (Lipinski definition) is 2. The van der Waals surface area contributed by atoms with Crippen molar-refractivity contribution in [2.24, 2.45) is 0 Å². The van der Waals surface area contributed by atoms with Crippen molar-refractivity contribution in [3.05, 3.63) is 0 Å². The average molecular weight is 373 g/mol. The highest BCUT2D eigenvalue weighted by Gasteiger charge is 2.17. The maximum absolute atomic E-state index is 9.44. The van der Waals surface area contributed by atoms with Crippen LogP contribution >= 0.6 is 0 Å². The van der Waals surface area contributed by atoms with Crippen molar-refractivity contribution in [1.82, 2.24) is 9.80 Å². The van der Waals surface area contributed by atoms with Crippen molar-refractivity contribution in [3.63, 3.8) is 0 Å². The molecule has 0 rings (SSSR count). The predicted octanol–water partition coefficient (Wildman–Crippen LogP) is 4.29. The van der Waals surface area contributed by atoms with Crippen LogP contribution in [0.2, 0.25) is 0 Å². The van der Waals surface area contributed by atoms with Crippen LogP contribution in [0.25, 0.3) is 0 Å². The molecule has 2 N–H and O–H groups in total. The van der Waals surface area contributed by atoms with Gasteiger partial charge in [-0.15, -0.1) is 0 Å². The number of unbranched alkanes of at least 4 members (excludes halogenated alkanes) is 6. The highest BCUT2D eigenvalue weighted by atomic mass is 16.3. The summed E-state index contributed by atoms with van der Waals surface area (Å²) in [5, 5.41) is 18.9. The van der Waals surface area contributed by atoms with Crippen molar-refractivity contribution in [1.29, 1.82) is 0 Å². The molecule has 4 nitrogen and oxygen atoms in total. The molecular formula is C22H48N2O2. The van der Waals surface area contributed by atoms with E-state index < -0.39 is 0 Å². The van der Waals surface area contributed by atoms with Crippen LogP contribution in [0.1, 0.15) is 91.9 Å². The second-order valence-electron chi connectivity index (χ2n) is 7.92. The number of rotatable bonds is 19. The van der Waals surface area contributed by atoms with Crippen molar-refractivity contribution in [2.45, 2.75) is 104 Å². The first kappa shape index (κ1) is 25.8. The second-order valence-corrected chi connectivity index (χ2v) is 7.92. The zero-order valence-corrected chi connectivity index (χ0v) is 18.3. The topological polar surface area (TPSA) is 46.9 Å². The molecule has 0 spiro atoms. The minimum absolute atomic E-state index is 0.228. The Labute approximate surface area is 164 Å². The van der Waals surface area contributed by atoms with Gasteiger partial charge in [-0.05, 0) is 26.7 Å². The van der Waals surface area contributed by atoms with E-state index in [1.807, 2.05) is 0 Å². The third-order valence-corrected chi connectivity index (χ3v) is 5.65. The van der Waals surface area contributed by atoms with E-state index in [4.69, 9.17) is 0 Å². The first-order chi connectivity index (χ1) is 12.6. The van der Waals surface area contributed by atoms with Gasteiger partial charge in [0.05, 0.1) is 13.2 Å². The van der Waals surface area contributed by atoms with E-state index in [0.717, 1.165) is 26.2 Å². The van der Waals surface area contributed by atoms with Crippen LogP contribution < -0.4 is 0 Å². The van der Waals surface area contributed by atoms with Crippen molar-refractivity contribution < 1.29 is 10.2 Å². The van der Waals surface area contributed by atoms with Gasteiger partial charge in [0.2, 0.25) is 0 Å². The molecule has 4 heteroatoms. The summed E-state index contributed by atoms with van der Waals surface area (Å²) in [6.07, 6.45) is 12.8. The molecule has 26 heavy (non-hydrogen) atoms. The van der Waals surface area contributed by atoms with Crippen LogP contribution in [0.3, 0.4) is 0 Å². The first-order valence-electron chi connectivity index (χ1n) is 11.3. The fourth-order valence-corrected chi connectivity index (χ4v) is 3.72. The summed E-state index contributed by atoms with van der Waals surface area (Å²) in [4.78, 5) is 4.86.